The molecular weight excluding hydrogens is 852 g/mol. The highest BCUT2D eigenvalue weighted by Crippen LogP contribution is 2.55. The van der Waals surface area contributed by atoms with Crippen LogP contribution in [0.2, 0.25) is 5.15 Å². The van der Waals surface area contributed by atoms with E-state index in [-0.39, 0.29) is 47.8 Å². The lowest BCUT2D eigenvalue weighted by atomic mass is 9.89. The van der Waals surface area contributed by atoms with Crippen LogP contribution in [-0.4, -0.2) is 128 Å². The minimum atomic E-state index is -1.12. The number of benzene rings is 3. The Morgan fingerprint density at radius 3 is 1.98 bits per heavy atom. The number of methoxy groups -OCH3 is 1. The molecule has 4 N–H and O–H groups in total. The van der Waals surface area contributed by atoms with Crippen LogP contribution < -0.4 is 5.32 Å². The first-order valence-corrected chi connectivity index (χ1v) is 23.3. The fraction of sp³-hybridized carbons (Fsp3) is 0.500. The highest BCUT2D eigenvalue weighted by molar-refractivity contribution is 6.32. The van der Waals surface area contributed by atoms with Crippen molar-refractivity contribution in [1.82, 2.24) is 40.0 Å². The van der Waals surface area contributed by atoms with Crippen LogP contribution >= 0.6 is 11.6 Å². The summed E-state index contributed by atoms with van der Waals surface area (Å²) in [5.74, 6) is 1.72. The summed E-state index contributed by atoms with van der Waals surface area (Å²) in [6.07, 6.45) is 4.34. The number of likely N-dealkylation sites (N-methyl/N-ethyl adjacent to an activating group) is 1. The van der Waals surface area contributed by atoms with Gasteiger partial charge in [0.25, 0.3) is 0 Å². The van der Waals surface area contributed by atoms with Gasteiger partial charge < -0.3 is 44.4 Å². The third-order valence-corrected chi connectivity index (χ3v) is 15.4. The van der Waals surface area contributed by atoms with E-state index in [0.717, 1.165) is 70.0 Å². The molecule has 2 aromatic heterocycles. The molecule has 6 fully saturated rings. The summed E-state index contributed by atoms with van der Waals surface area (Å²) in [6, 6.07) is 16.9. The maximum Gasteiger partial charge on any atom is 0.407 e. The summed E-state index contributed by atoms with van der Waals surface area (Å²) in [6.45, 7) is 2.13. The first-order chi connectivity index (χ1) is 31.5. The lowest BCUT2D eigenvalue weighted by Gasteiger charge is -2.38. The Labute approximate surface area is 380 Å². The van der Waals surface area contributed by atoms with Crippen molar-refractivity contribution in [3.63, 3.8) is 0 Å². The zero-order valence-electron chi connectivity index (χ0n) is 36.4. The van der Waals surface area contributed by atoms with Gasteiger partial charge in [0.1, 0.15) is 23.7 Å². The number of hydrogen-bond donors (Lipinski definition) is 4. The van der Waals surface area contributed by atoms with Crippen LogP contribution in [-0.2, 0) is 23.8 Å². The Bertz CT molecular complexity index is 2690. The molecule has 3 aromatic carbocycles. The number of nitrogens with zero attached hydrogens (tertiary/aromatic N) is 5. The second-order valence-electron chi connectivity index (χ2n) is 18.9. The number of hydrogen-bond acceptors (Lipinski definition) is 9. The number of H-pyrrole nitrogens is 2. The van der Waals surface area contributed by atoms with Crippen LogP contribution in [0.3, 0.4) is 0 Å². The predicted octanol–water partition coefficient (Wildman–Crippen LogP) is 7.31. The van der Waals surface area contributed by atoms with Gasteiger partial charge in [0, 0.05) is 51.1 Å². The third-order valence-electron chi connectivity index (χ3n) is 15.1. The van der Waals surface area contributed by atoms with Crippen molar-refractivity contribution >= 4 is 57.4 Å². The van der Waals surface area contributed by atoms with Crippen molar-refractivity contribution in [2.75, 3.05) is 40.6 Å². The minimum Gasteiger partial charge on any atom is -0.465 e. The van der Waals surface area contributed by atoms with E-state index in [0.29, 0.717) is 80.6 Å². The molecule has 0 radical (unpaired) electrons. The van der Waals surface area contributed by atoms with E-state index in [1.807, 2.05) is 21.9 Å². The maximum absolute atomic E-state index is 14.4. The molecule has 340 valence electrons. The highest BCUT2D eigenvalue weighted by Gasteiger charge is 2.58. The summed E-state index contributed by atoms with van der Waals surface area (Å²) < 4.78 is 16.0. The molecule has 0 unspecified atom stereocenters. The molecule has 17 heteroatoms. The number of imidazole rings is 2. The number of carboxylic acid groups (broad SMARTS) is 1. The Kier molecular flexibility index (Phi) is 10.7. The Morgan fingerprint density at radius 1 is 0.769 bits per heavy atom. The molecular formula is C48H53ClN8O8. The standard InChI is InChI=1S/C48H53ClN8O8/c1-55(48(61)62)41(25-11-15-65-16-12-25)46(59)57-36-21-32(36)23-38(57)44-52-39(42(49)54-44)30-6-5-26-17-27(3-4-28(26)18-30)29-7-8-33-34(19-29)51-43(50-33)37-22-31-20-35(31)56(37)45(58)40(53-47(60)63-2)24-9-13-64-14-10-24/h3-8,17-19,24-25,31-32,35-38,40-41H,9-16,20-23H2,1-2H3,(H,50,51)(H,52,54)(H,53,60)(H,61,62)/t31-,32+,35+,36+,37-,38-,40-,41-/m0/s1. The number of ether oxygens (including phenoxy) is 3. The summed E-state index contributed by atoms with van der Waals surface area (Å²) >= 11 is 6.86. The molecule has 4 saturated heterocycles. The van der Waals surface area contributed by atoms with Crippen LogP contribution in [0.1, 0.15) is 75.1 Å². The quantitative estimate of drug-likeness (QED) is 0.110. The first-order valence-electron chi connectivity index (χ1n) is 22.9. The van der Waals surface area contributed by atoms with Crippen molar-refractivity contribution < 1.29 is 38.5 Å². The summed E-state index contributed by atoms with van der Waals surface area (Å²) in [5.41, 5.74) is 5.27. The minimum absolute atomic E-state index is 0.0358. The van der Waals surface area contributed by atoms with Crippen molar-refractivity contribution in [2.45, 2.75) is 87.6 Å². The molecule has 65 heavy (non-hydrogen) atoms. The van der Waals surface area contributed by atoms with Gasteiger partial charge in [-0.05, 0) is 121 Å². The van der Waals surface area contributed by atoms with Gasteiger partial charge in [0.05, 0.1) is 35.9 Å². The summed E-state index contributed by atoms with van der Waals surface area (Å²) in [4.78, 5) is 75.2. The molecule has 0 bridgehead atoms. The monoisotopic (exact) mass is 904 g/mol. The zero-order valence-corrected chi connectivity index (χ0v) is 37.1. The van der Waals surface area contributed by atoms with Gasteiger partial charge in [0.2, 0.25) is 11.8 Å². The van der Waals surface area contributed by atoms with Crippen molar-refractivity contribution in [3.05, 3.63) is 71.4 Å². The molecule has 8 atom stereocenters. The van der Waals surface area contributed by atoms with E-state index in [4.69, 9.17) is 35.8 Å². The largest absolute Gasteiger partial charge is 0.465 e. The second-order valence-corrected chi connectivity index (χ2v) is 19.2. The van der Waals surface area contributed by atoms with Crippen LogP contribution in [0.25, 0.3) is 44.2 Å². The maximum atomic E-state index is 14.4. The highest BCUT2D eigenvalue weighted by atomic mass is 35.5. The van der Waals surface area contributed by atoms with Gasteiger partial charge in [-0.3, -0.25) is 14.5 Å². The van der Waals surface area contributed by atoms with Gasteiger partial charge >= 0.3 is 12.2 Å². The number of carbonyl (C=O) groups is 4. The summed E-state index contributed by atoms with van der Waals surface area (Å²) in [5, 5.41) is 15.2. The fourth-order valence-electron chi connectivity index (χ4n) is 11.5. The van der Waals surface area contributed by atoms with Gasteiger partial charge in [-0.25, -0.2) is 19.6 Å². The van der Waals surface area contributed by atoms with Gasteiger partial charge in [-0.1, -0.05) is 41.9 Å². The van der Waals surface area contributed by atoms with Gasteiger partial charge in [-0.15, -0.1) is 0 Å². The molecule has 2 saturated carbocycles. The SMILES string of the molecule is COC(=O)N[C@H](C(=O)N1[C@@H]2C[C@H]2C[C@H]1c1nc2cc(-c3ccc4cc(-c5[nH]c([C@@H]6C[C@H]7C[C@H]7N6C(=O)[C@H](C6CCOCC6)N(C)C(=O)O)nc5Cl)ccc4c3)ccc2[nH]1)C1CCOCC1. The van der Waals surface area contributed by atoms with E-state index in [9.17, 15) is 24.3 Å². The molecule has 5 aromatic rings. The summed E-state index contributed by atoms with van der Waals surface area (Å²) in [7, 11) is 2.81. The average Bonchev–Trinajstić information content (AvgIpc) is 4.01. The second kappa shape index (κ2) is 16.6. The number of likely N-dealkylation sites (tertiary alicyclic amines) is 2. The van der Waals surface area contributed by atoms with Crippen molar-refractivity contribution in [1.29, 1.82) is 0 Å². The molecule has 4 amide bonds. The predicted molar refractivity (Wildman–Crippen MR) is 240 cm³/mol. The van der Waals surface area contributed by atoms with Crippen LogP contribution in [0.5, 0.6) is 0 Å². The number of halogens is 1. The van der Waals surface area contributed by atoms with Gasteiger partial charge in [0.15, 0.2) is 5.15 Å². The lowest BCUT2D eigenvalue weighted by molar-refractivity contribution is -0.141. The number of aromatic nitrogens is 4. The van der Waals surface area contributed by atoms with Crippen LogP contribution in [0.15, 0.2) is 54.6 Å². The fourth-order valence-corrected chi connectivity index (χ4v) is 11.7. The number of piperidine rings is 2. The molecule has 16 nitrogen and oxygen atoms in total. The molecule has 6 aliphatic rings. The average molecular weight is 905 g/mol. The van der Waals surface area contributed by atoms with E-state index in [1.54, 1.807) is 0 Å². The van der Waals surface area contributed by atoms with E-state index < -0.39 is 24.3 Å². The number of alkyl carbamates (subject to hydrolysis) is 1. The number of fused-ring (bicyclic) bond motifs is 4. The molecule has 4 aliphatic heterocycles. The first kappa shape index (κ1) is 42.0. The van der Waals surface area contributed by atoms with Crippen molar-refractivity contribution in [2.24, 2.45) is 23.7 Å². The van der Waals surface area contributed by atoms with Crippen molar-refractivity contribution in [3.8, 4) is 22.4 Å². The van der Waals surface area contributed by atoms with Crippen LogP contribution in [0.4, 0.5) is 9.59 Å². The smallest absolute Gasteiger partial charge is 0.407 e. The normalized spacial score (nSPS) is 26.1. The van der Waals surface area contributed by atoms with Crippen LogP contribution in [0, 0.1) is 23.7 Å². The number of carbonyl (C=O) groups excluding carboxylic acids is 3. The Morgan fingerprint density at radius 2 is 1.34 bits per heavy atom. The molecule has 6 heterocycles. The molecule has 0 spiro atoms. The topological polar surface area (TPSA) is 195 Å². The number of aromatic amines is 2. The zero-order chi connectivity index (χ0) is 44.7. The van der Waals surface area contributed by atoms with E-state index in [1.165, 1.54) is 19.1 Å². The number of rotatable bonds is 10. The third kappa shape index (κ3) is 7.66. The van der Waals surface area contributed by atoms with Gasteiger partial charge in [-0.2, -0.15) is 0 Å². The molecule has 11 rings (SSSR count). The van der Waals surface area contributed by atoms with E-state index in [2.05, 4.69) is 57.7 Å². The lowest BCUT2D eigenvalue weighted by Crippen LogP contribution is -2.54. The Hall–Kier alpha value is -5.71. The Balaban J connectivity index is 0.820. The molecule has 2 aliphatic carbocycles. The number of nitrogens with one attached hydrogen (secondary N) is 3. The van der Waals surface area contributed by atoms with E-state index >= 15 is 0 Å². The number of amides is 4.